The summed E-state index contributed by atoms with van der Waals surface area (Å²) in [6.07, 6.45) is -0.345. The van der Waals surface area contributed by atoms with Crippen LogP contribution in [-0.4, -0.2) is 13.2 Å². The van der Waals surface area contributed by atoms with E-state index >= 15 is 0 Å². The van der Waals surface area contributed by atoms with Gasteiger partial charge >= 0.3 is 0 Å². The maximum atomic E-state index is 12.8. The largest absolute Gasteiger partial charge is 0.431 e. The van der Waals surface area contributed by atoms with Crippen LogP contribution in [0.25, 0.3) is 11.0 Å². The van der Waals surface area contributed by atoms with Crippen LogP contribution in [0.15, 0.2) is 28.7 Å². The molecule has 4 heteroatoms. The van der Waals surface area contributed by atoms with Crippen LogP contribution in [0, 0.1) is 6.01 Å². The first kappa shape index (κ1) is 8.88. The van der Waals surface area contributed by atoms with E-state index in [1.165, 1.54) is 6.07 Å². The zero-order valence-electron chi connectivity index (χ0n) is 7.90. The van der Waals surface area contributed by atoms with Crippen molar-refractivity contribution in [1.82, 2.24) is 0 Å². The molecular formula is C11H9FO3. The summed E-state index contributed by atoms with van der Waals surface area (Å²) in [6, 6.07) is 6.18. The molecule has 0 spiro atoms. The predicted molar refractivity (Wildman–Crippen MR) is 50.8 cm³/mol. The molecule has 0 radical (unpaired) electrons. The van der Waals surface area contributed by atoms with Crippen LogP contribution in [0.2, 0.25) is 0 Å². The van der Waals surface area contributed by atoms with E-state index in [9.17, 15) is 4.39 Å². The summed E-state index contributed by atoms with van der Waals surface area (Å²) < 4.78 is 28.4. The molecular weight excluding hydrogens is 199 g/mol. The zero-order chi connectivity index (χ0) is 10.3. The molecule has 1 aromatic carbocycles. The average molecular weight is 208 g/mol. The Morgan fingerprint density at radius 3 is 2.73 bits per heavy atom. The Balaban J connectivity index is 2.04. The number of halogens is 1. The van der Waals surface area contributed by atoms with Gasteiger partial charge in [0.15, 0.2) is 6.29 Å². The summed E-state index contributed by atoms with van der Waals surface area (Å²) in [5.41, 5.74) is 1.37. The van der Waals surface area contributed by atoms with Gasteiger partial charge in [0.05, 0.1) is 13.2 Å². The summed E-state index contributed by atoms with van der Waals surface area (Å²) in [5.74, 6) is 0. The molecule has 1 aromatic heterocycles. The van der Waals surface area contributed by atoms with Crippen molar-refractivity contribution in [3.05, 3.63) is 35.8 Å². The molecule has 2 heterocycles. The maximum absolute atomic E-state index is 12.8. The van der Waals surface area contributed by atoms with Gasteiger partial charge < -0.3 is 13.9 Å². The van der Waals surface area contributed by atoms with Crippen LogP contribution in [0.3, 0.4) is 0 Å². The minimum atomic E-state index is -0.574. The number of furan rings is 1. The highest BCUT2D eigenvalue weighted by Crippen LogP contribution is 2.27. The first-order chi connectivity index (χ1) is 7.33. The lowest BCUT2D eigenvalue weighted by molar-refractivity contribution is -0.0440. The number of rotatable bonds is 1. The minimum absolute atomic E-state index is 0.345. The van der Waals surface area contributed by atoms with E-state index in [1.807, 2.05) is 6.07 Å². The van der Waals surface area contributed by atoms with Gasteiger partial charge in [0.1, 0.15) is 5.58 Å². The van der Waals surface area contributed by atoms with Gasteiger partial charge in [-0.2, -0.15) is 4.39 Å². The first-order valence-corrected chi connectivity index (χ1v) is 4.75. The van der Waals surface area contributed by atoms with E-state index in [0.717, 1.165) is 10.9 Å². The van der Waals surface area contributed by atoms with Crippen LogP contribution >= 0.6 is 0 Å². The SMILES string of the molecule is Fc1cc2ccc(C3OCCO3)cc2o1. The van der Waals surface area contributed by atoms with E-state index in [-0.39, 0.29) is 6.29 Å². The lowest BCUT2D eigenvalue weighted by Crippen LogP contribution is -1.96. The predicted octanol–water partition coefficient (Wildman–Crippen LogP) is 2.62. The van der Waals surface area contributed by atoms with Crippen LogP contribution < -0.4 is 0 Å². The van der Waals surface area contributed by atoms with Gasteiger partial charge in [0.25, 0.3) is 6.01 Å². The van der Waals surface area contributed by atoms with Crippen molar-refractivity contribution in [3.8, 4) is 0 Å². The number of hydrogen-bond donors (Lipinski definition) is 0. The number of fused-ring (bicyclic) bond motifs is 1. The van der Waals surface area contributed by atoms with Gasteiger partial charge in [0.2, 0.25) is 0 Å². The van der Waals surface area contributed by atoms with Crippen molar-refractivity contribution < 1.29 is 18.3 Å². The molecule has 0 N–H and O–H groups in total. The molecule has 0 aliphatic carbocycles. The Hall–Kier alpha value is -1.39. The summed E-state index contributed by atoms with van der Waals surface area (Å²) in [6.45, 7) is 1.18. The first-order valence-electron chi connectivity index (χ1n) is 4.75. The van der Waals surface area contributed by atoms with Gasteiger partial charge in [-0.1, -0.05) is 12.1 Å². The molecule has 1 aliphatic heterocycles. The van der Waals surface area contributed by atoms with Crippen molar-refractivity contribution in [3.63, 3.8) is 0 Å². The van der Waals surface area contributed by atoms with Gasteiger partial charge in [-0.3, -0.25) is 0 Å². The Kier molecular flexibility index (Phi) is 1.97. The number of hydrogen-bond acceptors (Lipinski definition) is 3. The topological polar surface area (TPSA) is 31.6 Å². The summed E-state index contributed by atoms with van der Waals surface area (Å²) in [4.78, 5) is 0. The van der Waals surface area contributed by atoms with Crippen molar-refractivity contribution in [2.24, 2.45) is 0 Å². The third-order valence-electron chi connectivity index (χ3n) is 2.41. The molecule has 1 aliphatic rings. The normalized spacial score (nSPS) is 17.7. The van der Waals surface area contributed by atoms with E-state index in [2.05, 4.69) is 0 Å². The molecule has 2 aromatic rings. The minimum Gasteiger partial charge on any atom is -0.431 e. The Bertz CT molecular complexity index is 486. The van der Waals surface area contributed by atoms with Crippen LogP contribution in [0.5, 0.6) is 0 Å². The Morgan fingerprint density at radius 1 is 1.13 bits per heavy atom. The summed E-state index contributed by atoms with van der Waals surface area (Å²) in [7, 11) is 0. The molecule has 1 fully saturated rings. The van der Waals surface area contributed by atoms with E-state index < -0.39 is 6.01 Å². The van der Waals surface area contributed by atoms with E-state index in [4.69, 9.17) is 13.9 Å². The second-order valence-corrected chi connectivity index (χ2v) is 3.42. The smallest absolute Gasteiger partial charge is 0.278 e. The highest BCUT2D eigenvalue weighted by atomic mass is 19.1. The van der Waals surface area contributed by atoms with Gasteiger partial charge in [-0.15, -0.1) is 0 Å². The second kappa shape index (κ2) is 3.32. The third-order valence-corrected chi connectivity index (χ3v) is 2.41. The van der Waals surface area contributed by atoms with Crippen molar-refractivity contribution in [2.45, 2.75) is 6.29 Å². The highest BCUT2D eigenvalue weighted by molar-refractivity contribution is 5.77. The van der Waals surface area contributed by atoms with Crippen LogP contribution in [0.4, 0.5) is 4.39 Å². The van der Waals surface area contributed by atoms with Crippen LogP contribution in [-0.2, 0) is 9.47 Å². The molecule has 3 nitrogen and oxygen atoms in total. The lowest BCUT2D eigenvalue weighted by Gasteiger charge is -2.08. The molecule has 0 atom stereocenters. The monoisotopic (exact) mass is 208 g/mol. The average Bonchev–Trinajstić information content (AvgIpc) is 2.82. The lowest BCUT2D eigenvalue weighted by atomic mass is 10.1. The fourth-order valence-corrected chi connectivity index (χ4v) is 1.71. The van der Waals surface area contributed by atoms with Gasteiger partial charge in [-0.25, -0.2) is 0 Å². The summed E-state index contributed by atoms with van der Waals surface area (Å²) >= 11 is 0. The van der Waals surface area contributed by atoms with Crippen molar-refractivity contribution >= 4 is 11.0 Å². The van der Waals surface area contributed by atoms with E-state index in [1.54, 1.807) is 12.1 Å². The Morgan fingerprint density at radius 2 is 1.93 bits per heavy atom. The quantitative estimate of drug-likeness (QED) is 0.721. The zero-order valence-corrected chi connectivity index (χ0v) is 7.90. The number of ether oxygens (including phenoxy) is 2. The van der Waals surface area contributed by atoms with Gasteiger partial charge in [-0.05, 0) is 6.07 Å². The molecule has 0 bridgehead atoms. The molecule has 3 rings (SSSR count). The van der Waals surface area contributed by atoms with Crippen molar-refractivity contribution in [2.75, 3.05) is 13.2 Å². The third kappa shape index (κ3) is 1.52. The fourth-order valence-electron chi connectivity index (χ4n) is 1.71. The van der Waals surface area contributed by atoms with Gasteiger partial charge in [0, 0.05) is 17.0 Å². The van der Waals surface area contributed by atoms with E-state index in [0.29, 0.717) is 18.8 Å². The summed E-state index contributed by atoms with van der Waals surface area (Å²) in [5, 5.41) is 0.745. The van der Waals surface area contributed by atoms with Crippen molar-refractivity contribution in [1.29, 1.82) is 0 Å². The fraction of sp³-hybridized carbons (Fsp3) is 0.273. The maximum Gasteiger partial charge on any atom is 0.278 e. The molecule has 0 amide bonds. The molecule has 0 saturated carbocycles. The molecule has 15 heavy (non-hydrogen) atoms. The molecule has 0 unspecified atom stereocenters. The highest BCUT2D eigenvalue weighted by Gasteiger charge is 2.19. The standard InChI is InChI=1S/C11H9FO3/c12-10-6-7-1-2-8(5-9(7)15-10)11-13-3-4-14-11/h1-2,5-6,11H,3-4H2. The Labute approximate surface area is 85.4 Å². The van der Waals surface area contributed by atoms with Crippen LogP contribution in [0.1, 0.15) is 11.9 Å². The molecule has 1 saturated heterocycles. The molecule has 78 valence electrons. The second-order valence-electron chi connectivity index (χ2n) is 3.42. The number of benzene rings is 1.